The van der Waals surface area contributed by atoms with E-state index in [0.717, 1.165) is 17.1 Å². The van der Waals surface area contributed by atoms with Crippen molar-refractivity contribution in [2.24, 2.45) is 0 Å². The molecule has 1 aromatic rings. The maximum Gasteiger partial charge on any atom is 0.221 e. The molecule has 0 saturated heterocycles. The first kappa shape index (κ1) is 13.9. The Morgan fingerprint density at radius 3 is 2.47 bits per heavy atom. The van der Waals surface area contributed by atoms with Crippen LogP contribution in [0.3, 0.4) is 0 Å². The number of rotatable bonds is 0. The minimum Gasteiger partial charge on any atom is -0.450 e. The molecule has 0 fully saturated rings. The second-order valence-corrected chi connectivity index (χ2v) is 2.53. The molecule has 3 nitrogen and oxygen atoms in total. The van der Waals surface area contributed by atoms with Crippen LogP contribution in [0.2, 0.25) is 0 Å². The van der Waals surface area contributed by atoms with Crippen LogP contribution in [0.1, 0.15) is 39.0 Å². The van der Waals surface area contributed by atoms with E-state index in [2.05, 4.69) is 4.98 Å². The molecule has 0 atom stereocenters. The molecule has 0 aliphatic carbocycles. The number of pyridine rings is 1. The van der Waals surface area contributed by atoms with E-state index >= 15 is 0 Å². The van der Waals surface area contributed by atoms with Crippen LogP contribution in [0, 0.1) is 6.92 Å². The topological polar surface area (TPSA) is 31.4 Å². The fourth-order valence-electron chi connectivity index (χ4n) is 1.05. The number of nitrogens with zero attached hydrogens (tertiary/aromatic N) is 1. The molecular weight excluding hydrogens is 190 g/mol. The zero-order valence-electron chi connectivity index (χ0n) is 10.3. The predicted octanol–water partition coefficient (Wildman–Crippen LogP) is 3.31. The Kier molecular flexibility index (Phi) is 7.64. The first-order chi connectivity index (χ1) is 7.36. The van der Waals surface area contributed by atoms with Crippen LogP contribution in [0.15, 0.2) is 12.1 Å². The van der Waals surface area contributed by atoms with Crippen molar-refractivity contribution in [2.75, 3.05) is 6.79 Å². The maximum absolute atomic E-state index is 5.17. The molecular formula is C12H21NO2. The van der Waals surface area contributed by atoms with Crippen LogP contribution >= 0.6 is 0 Å². The fraction of sp³-hybridized carbons (Fsp3) is 0.583. The Morgan fingerprint density at radius 2 is 1.80 bits per heavy atom. The Bertz CT molecular complexity index is 274. The van der Waals surface area contributed by atoms with E-state index in [1.54, 1.807) is 0 Å². The van der Waals surface area contributed by atoms with Gasteiger partial charge >= 0.3 is 0 Å². The van der Waals surface area contributed by atoms with Gasteiger partial charge in [0.1, 0.15) is 0 Å². The van der Waals surface area contributed by atoms with Gasteiger partial charge in [0.25, 0.3) is 0 Å². The largest absolute Gasteiger partial charge is 0.450 e. The summed E-state index contributed by atoms with van der Waals surface area (Å²) in [4.78, 5) is 4.21. The lowest BCUT2D eigenvalue weighted by atomic mass is 10.2. The van der Waals surface area contributed by atoms with Crippen LogP contribution in [0.25, 0.3) is 0 Å². The number of aromatic nitrogens is 1. The molecule has 0 bridgehead atoms. The van der Waals surface area contributed by atoms with Gasteiger partial charge in [-0.05, 0) is 19.1 Å². The third kappa shape index (κ3) is 4.30. The second-order valence-electron chi connectivity index (χ2n) is 2.53. The third-order valence-corrected chi connectivity index (χ3v) is 1.61. The molecule has 0 spiro atoms. The minimum atomic E-state index is 0.323. The van der Waals surface area contributed by atoms with Crippen LogP contribution in [-0.2, 0) is 11.3 Å². The Hall–Kier alpha value is -1.09. The van der Waals surface area contributed by atoms with Crippen molar-refractivity contribution < 1.29 is 9.47 Å². The lowest BCUT2D eigenvalue weighted by Gasteiger charge is -2.16. The summed E-state index contributed by atoms with van der Waals surface area (Å²) in [5, 5.41) is 0. The van der Waals surface area contributed by atoms with Crippen molar-refractivity contribution in [3.63, 3.8) is 0 Å². The molecule has 2 heterocycles. The number of aryl methyl sites for hydroxylation is 1. The van der Waals surface area contributed by atoms with Gasteiger partial charge < -0.3 is 9.47 Å². The molecule has 1 aromatic heterocycles. The minimum absolute atomic E-state index is 0.323. The van der Waals surface area contributed by atoms with E-state index in [0.29, 0.717) is 13.4 Å². The van der Waals surface area contributed by atoms with Crippen LogP contribution in [-0.4, -0.2) is 11.8 Å². The summed E-state index contributed by atoms with van der Waals surface area (Å²) in [6.07, 6.45) is 0. The van der Waals surface area contributed by atoms with E-state index in [1.807, 2.05) is 46.8 Å². The summed E-state index contributed by atoms with van der Waals surface area (Å²) in [5.74, 6) is 0.719. The van der Waals surface area contributed by atoms with Crippen molar-refractivity contribution in [3.8, 4) is 5.88 Å². The first-order valence-corrected chi connectivity index (χ1v) is 5.53. The van der Waals surface area contributed by atoms with E-state index in [9.17, 15) is 0 Å². The standard InChI is InChI=1S/C8H9NO2.2C2H6/c1-6-2-3-7-4-10-5-11-8(7)9-6;2*1-2/h2-3H,4-5H2,1H3;2*1-2H3. The quantitative estimate of drug-likeness (QED) is 0.659. The van der Waals surface area contributed by atoms with Crippen LogP contribution in [0.5, 0.6) is 5.88 Å². The molecule has 86 valence electrons. The highest BCUT2D eigenvalue weighted by atomic mass is 16.7. The molecule has 1 aliphatic rings. The van der Waals surface area contributed by atoms with Gasteiger partial charge in [0, 0.05) is 11.3 Å². The molecule has 0 saturated carbocycles. The Balaban J connectivity index is 0.000000442. The predicted molar refractivity (Wildman–Crippen MR) is 62.0 cm³/mol. The fourth-order valence-corrected chi connectivity index (χ4v) is 1.05. The van der Waals surface area contributed by atoms with Crippen molar-refractivity contribution in [3.05, 3.63) is 23.4 Å². The van der Waals surface area contributed by atoms with Gasteiger partial charge in [-0.25, -0.2) is 4.98 Å². The lowest BCUT2D eigenvalue weighted by molar-refractivity contribution is -0.0198. The zero-order chi connectivity index (χ0) is 11.7. The normalized spacial score (nSPS) is 12.1. The van der Waals surface area contributed by atoms with Crippen molar-refractivity contribution in [1.82, 2.24) is 4.98 Å². The third-order valence-electron chi connectivity index (χ3n) is 1.61. The zero-order valence-corrected chi connectivity index (χ0v) is 10.3. The summed E-state index contributed by atoms with van der Waals surface area (Å²) in [7, 11) is 0. The highest BCUT2D eigenvalue weighted by molar-refractivity contribution is 5.27. The van der Waals surface area contributed by atoms with Gasteiger partial charge in [-0.3, -0.25) is 0 Å². The summed E-state index contributed by atoms with van der Waals surface area (Å²) in [5.41, 5.74) is 2.01. The lowest BCUT2D eigenvalue weighted by Crippen LogP contribution is -2.12. The Labute approximate surface area is 92.4 Å². The molecule has 0 unspecified atom stereocenters. The summed E-state index contributed by atoms with van der Waals surface area (Å²) in [6, 6.07) is 3.94. The van der Waals surface area contributed by atoms with Crippen molar-refractivity contribution >= 4 is 0 Å². The van der Waals surface area contributed by atoms with E-state index < -0.39 is 0 Å². The molecule has 0 radical (unpaired) electrons. The molecule has 15 heavy (non-hydrogen) atoms. The molecule has 0 amide bonds. The summed E-state index contributed by atoms with van der Waals surface area (Å²) in [6.45, 7) is 10.9. The monoisotopic (exact) mass is 211 g/mol. The summed E-state index contributed by atoms with van der Waals surface area (Å²) >= 11 is 0. The molecule has 0 N–H and O–H groups in total. The maximum atomic E-state index is 5.17. The van der Waals surface area contributed by atoms with Gasteiger partial charge in [0.15, 0.2) is 6.79 Å². The van der Waals surface area contributed by atoms with Crippen LogP contribution < -0.4 is 4.74 Å². The highest BCUT2D eigenvalue weighted by Gasteiger charge is 2.10. The molecule has 1 aliphatic heterocycles. The Morgan fingerprint density at radius 1 is 1.13 bits per heavy atom. The van der Waals surface area contributed by atoms with Gasteiger partial charge in [0.05, 0.1) is 6.61 Å². The highest BCUT2D eigenvalue weighted by Crippen LogP contribution is 2.20. The van der Waals surface area contributed by atoms with E-state index in [1.165, 1.54) is 0 Å². The van der Waals surface area contributed by atoms with Crippen molar-refractivity contribution in [1.29, 1.82) is 0 Å². The van der Waals surface area contributed by atoms with Gasteiger partial charge in [-0.1, -0.05) is 27.7 Å². The number of hydrogen-bond acceptors (Lipinski definition) is 3. The smallest absolute Gasteiger partial charge is 0.221 e. The average molecular weight is 211 g/mol. The molecule has 0 aromatic carbocycles. The average Bonchev–Trinajstić information content (AvgIpc) is 2.34. The number of fused-ring (bicyclic) bond motifs is 1. The molecule has 2 rings (SSSR count). The molecule has 3 heteroatoms. The van der Waals surface area contributed by atoms with Crippen molar-refractivity contribution in [2.45, 2.75) is 41.2 Å². The van der Waals surface area contributed by atoms with Gasteiger partial charge in [0.2, 0.25) is 5.88 Å². The van der Waals surface area contributed by atoms with E-state index in [-0.39, 0.29) is 0 Å². The summed E-state index contributed by atoms with van der Waals surface area (Å²) < 4.78 is 10.2. The first-order valence-electron chi connectivity index (χ1n) is 5.53. The van der Waals surface area contributed by atoms with Gasteiger partial charge in [-0.15, -0.1) is 0 Å². The second kappa shape index (κ2) is 8.24. The van der Waals surface area contributed by atoms with Gasteiger partial charge in [-0.2, -0.15) is 0 Å². The number of ether oxygens (including phenoxy) is 2. The SMILES string of the molecule is CC.CC.Cc1ccc2c(n1)OCOC2. The van der Waals surface area contributed by atoms with Crippen LogP contribution in [0.4, 0.5) is 0 Å². The van der Waals surface area contributed by atoms with E-state index in [4.69, 9.17) is 9.47 Å². The number of hydrogen-bond donors (Lipinski definition) is 0.